The summed E-state index contributed by atoms with van der Waals surface area (Å²) in [5, 5.41) is 1.31. The van der Waals surface area contributed by atoms with Gasteiger partial charge in [-0.2, -0.15) is 0 Å². The van der Waals surface area contributed by atoms with Crippen LogP contribution in [0.3, 0.4) is 0 Å². The van der Waals surface area contributed by atoms with Gasteiger partial charge in [0, 0.05) is 0 Å². The molecule has 1 aromatic carbocycles. The van der Waals surface area contributed by atoms with Crippen LogP contribution in [-0.4, -0.2) is 35.6 Å². The van der Waals surface area contributed by atoms with Crippen molar-refractivity contribution >= 4 is 39.0 Å². The molecule has 0 saturated heterocycles. The summed E-state index contributed by atoms with van der Waals surface area (Å²) >= 11 is -2.61. The average Bonchev–Trinajstić information content (AvgIpc) is 3.08. The second-order valence-electron chi connectivity index (χ2n) is 7.72. The molecule has 0 fully saturated rings. The van der Waals surface area contributed by atoms with Gasteiger partial charge in [0.15, 0.2) is 0 Å². The Hall–Kier alpha value is -0.971. The first kappa shape index (κ1) is 22.3. The van der Waals surface area contributed by atoms with E-state index >= 15 is 0 Å². The average molecular weight is 478 g/mol. The summed E-state index contributed by atoms with van der Waals surface area (Å²) in [6, 6.07) is 8.46. The van der Waals surface area contributed by atoms with Gasteiger partial charge >= 0.3 is 170 Å². The van der Waals surface area contributed by atoms with E-state index in [1.54, 1.807) is 8.15 Å². The molecule has 0 aliphatic heterocycles. The number of ether oxygens (including phenoxy) is 1. The molecule has 150 valence electrons. The molecule has 0 atom stereocenters. The van der Waals surface area contributed by atoms with Crippen LogP contribution in [0.2, 0.25) is 13.3 Å². The van der Waals surface area contributed by atoms with Crippen molar-refractivity contribution in [1.82, 2.24) is 4.57 Å². The van der Waals surface area contributed by atoms with Crippen LogP contribution in [0, 0.1) is 0 Å². The molecule has 0 spiro atoms. The van der Waals surface area contributed by atoms with Crippen LogP contribution < -0.4 is 3.58 Å². The van der Waals surface area contributed by atoms with Crippen LogP contribution in [0.1, 0.15) is 66.2 Å². The van der Waals surface area contributed by atoms with Gasteiger partial charge in [-0.3, -0.25) is 0 Å². The number of aromatic nitrogens is 1. The summed E-state index contributed by atoms with van der Waals surface area (Å²) in [5.41, 5.74) is 1.02. The molecule has 0 saturated carbocycles. The van der Waals surface area contributed by atoms with E-state index in [1.807, 2.05) is 13.0 Å². The number of hydrogen-bond acceptors (Lipinski definition) is 2. The van der Waals surface area contributed by atoms with Crippen molar-refractivity contribution in [2.45, 2.75) is 79.5 Å². The van der Waals surface area contributed by atoms with Gasteiger partial charge in [0.1, 0.15) is 0 Å². The molecule has 3 nitrogen and oxygen atoms in total. The minimum atomic E-state index is -2.61. The second-order valence-corrected chi connectivity index (χ2v) is 20.8. The summed E-state index contributed by atoms with van der Waals surface area (Å²) in [6.45, 7) is 9.20. The van der Waals surface area contributed by atoms with Crippen molar-refractivity contribution < 1.29 is 9.53 Å². The molecule has 0 aliphatic rings. The zero-order valence-electron chi connectivity index (χ0n) is 17.7. The van der Waals surface area contributed by atoms with Gasteiger partial charge < -0.3 is 0 Å². The number of nitrogens with zero attached hydrogens (tertiary/aromatic N) is 1. The number of para-hydroxylation sites is 1. The number of benzene rings is 1. The molecule has 1 heterocycles. The monoisotopic (exact) mass is 479 g/mol. The number of carbonyl (C=O) groups excluding carboxylic acids is 1. The summed E-state index contributed by atoms with van der Waals surface area (Å²) in [5.74, 6) is 0. The zero-order chi connectivity index (χ0) is 19.7. The van der Waals surface area contributed by atoms with Crippen LogP contribution in [0.5, 0.6) is 0 Å². The third-order valence-corrected chi connectivity index (χ3v) is 21.4. The number of carbonyl (C=O) groups is 1. The maximum atomic E-state index is 12.6. The molecule has 0 aliphatic carbocycles. The molecule has 0 bridgehead atoms. The van der Waals surface area contributed by atoms with Crippen molar-refractivity contribution in [2.24, 2.45) is 0 Å². The summed E-state index contributed by atoms with van der Waals surface area (Å²) in [4.78, 5) is 12.6. The Morgan fingerprint density at radius 2 is 1.48 bits per heavy atom. The molecule has 0 N–H and O–H groups in total. The van der Waals surface area contributed by atoms with Crippen LogP contribution in [0.25, 0.3) is 10.9 Å². The molecule has 2 rings (SSSR count). The summed E-state index contributed by atoms with van der Waals surface area (Å²) < 4.78 is 12.9. The fourth-order valence-corrected chi connectivity index (χ4v) is 20.9. The molecule has 27 heavy (non-hydrogen) atoms. The van der Waals surface area contributed by atoms with E-state index in [0.717, 1.165) is 5.52 Å². The molecular weight excluding hydrogens is 441 g/mol. The van der Waals surface area contributed by atoms with E-state index in [9.17, 15) is 4.79 Å². The Bertz CT molecular complexity index is 700. The molecular formula is C23H37NO2Sn. The fourth-order valence-electron chi connectivity index (χ4n) is 4.27. The summed E-state index contributed by atoms with van der Waals surface area (Å²) in [6.07, 6.45) is 9.68. The van der Waals surface area contributed by atoms with Gasteiger partial charge in [0.25, 0.3) is 0 Å². The molecule has 0 amide bonds. The molecule has 0 radical (unpaired) electrons. The number of rotatable bonds is 11. The number of unbranched alkanes of at least 4 members (excludes halogenated alkanes) is 3. The Labute approximate surface area is 169 Å². The van der Waals surface area contributed by atoms with E-state index < -0.39 is 18.4 Å². The van der Waals surface area contributed by atoms with Crippen molar-refractivity contribution in [2.75, 3.05) is 6.61 Å². The van der Waals surface area contributed by atoms with Crippen LogP contribution >= 0.6 is 0 Å². The van der Waals surface area contributed by atoms with E-state index in [1.165, 1.54) is 57.2 Å². The number of fused-ring (bicyclic) bond motifs is 1. The standard InChI is InChI=1S/C11H10NO2.3C4H9.Sn/c1-2-14-11(13)12-8-7-9-5-3-4-6-10(9)12;3*1-3-4-2;/h3-6,8H,2H2,1H3;3*1,3-4H2,2H3;. The molecule has 4 heteroatoms. The first-order valence-corrected chi connectivity index (χ1v) is 18.4. The van der Waals surface area contributed by atoms with Crippen molar-refractivity contribution in [3.05, 3.63) is 30.5 Å². The van der Waals surface area contributed by atoms with Gasteiger partial charge in [-0.25, -0.2) is 0 Å². The SMILES string of the molecule is CCC[CH2][Sn]([CH2]CCC)([CH2]CCC)[c]1cn(C(=O)OCC)c2ccccc12. The van der Waals surface area contributed by atoms with Crippen LogP contribution in [0.15, 0.2) is 30.5 Å². The predicted molar refractivity (Wildman–Crippen MR) is 119 cm³/mol. The van der Waals surface area contributed by atoms with E-state index in [2.05, 4.69) is 45.2 Å². The fraction of sp³-hybridized carbons (Fsp3) is 0.609. The molecule has 2 aromatic rings. The molecule has 0 unspecified atom stereocenters. The first-order chi connectivity index (χ1) is 13.1. The van der Waals surface area contributed by atoms with Gasteiger partial charge in [0.2, 0.25) is 0 Å². The first-order valence-electron chi connectivity index (χ1n) is 10.9. The predicted octanol–water partition coefficient (Wildman–Crippen LogP) is 6.70. The van der Waals surface area contributed by atoms with E-state index in [4.69, 9.17) is 4.74 Å². The Kier molecular flexibility index (Phi) is 9.20. The van der Waals surface area contributed by atoms with Gasteiger partial charge in [-0.1, -0.05) is 0 Å². The quantitative estimate of drug-likeness (QED) is 0.337. The Balaban J connectivity index is 2.61. The zero-order valence-corrected chi connectivity index (χ0v) is 20.6. The van der Waals surface area contributed by atoms with Crippen molar-refractivity contribution in [3.8, 4) is 0 Å². The van der Waals surface area contributed by atoms with Crippen LogP contribution in [0.4, 0.5) is 4.79 Å². The number of hydrogen-bond donors (Lipinski definition) is 0. The maximum absolute atomic E-state index is 12.6. The normalized spacial score (nSPS) is 11.9. The third kappa shape index (κ3) is 5.30. The third-order valence-electron chi connectivity index (χ3n) is 5.77. The Morgan fingerprint density at radius 3 is 2.00 bits per heavy atom. The topological polar surface area (TPSA) is 31.2 Å². The van der Waals surface area contributed by atoms with Crippen LogP contribution in [-0.2, 0) is 4.74 Å². The van der Waals surface area contributed by atoms with Crippen molar-refractivity contribution in [1.29, 1.82) is 0 Å². The van der Waals surface area contributed by atoms with E-state index in [0.29, 0.717) is 6.61 Å². The van der Waals surface area contributed by atoms with Gasteiger partial charge in [-0.15, -0.1) is 0 Å². The minimum absolute atomic E-state index is 0.235. The van der Waals surface area contributed by atoms with E-state index in [-0.39, 0.29) is 6.09 Å². The second kappa shape index (κ2) is 11.1. The van der Waals surface area contributed by atoms with Gasteiger partial charge in [-0.05, 0) is 0 Å². The summed E-state index contributed by atoms with van der Waals surface area (Å²) in [7, 11) is 0. The molecule has 1 aromatic heterocycles. The van der Waals surface area contributed by atoms with Gasteiger partial charge in [0.05, 0.1) is 0 Å². The Morgan fingerprint density at radius 1 is 0.926 bits per heavy atom. The van der Waals surface area contributed by atoms with Crippen molar-refractivity contribution in [3.63, 3.8) is 0 Å².